The number of amides is 1. The van der Waals surface area contributed by atoms with Crippen molar-refractivity contribution in [3.8, 4) is 0 Å². The van der Waals surface area contributed by atoms with E-state index in [0.717, 1.165) is 31.6 Å². The number of primary amides is 1. The predicted octanol–water partition coefficient (Wildman–Crippen LogP) is 2.56. The van der Waals surface area contributed by atoms with Gasteiger partial charge in [-0.3, -0.25) is 9.78 Å². The van der Waals surface area contributed by atoms with E-state index in [1.165, 1.54) is 5.56 Å². The lowest BCUT2D eigenvalue weighted by Gasteiger charge is -2.34. The lowest BCUT2D eigenvalue weighted by atomic mass is 9.89. The van der Waals surface area contributed by atoms with Crippen molar-refractivity contribution in [1.82, 2.24) is 4.98 Å². The summed E-state index contributed by atoms with van der Waals surface area (Å²) in [6, 6.07) is 12.5. The van der Waals surface area contributed by atoms with Crippen molar-refractivity contribution in [1.29, 1.82) is 0 Å². The van der Waals surface area contributed by atoms with E-state index in [4.69, 9.17) is 5.73 Å². The summed E-state index contributed by atoms with van der Waals surface area (Å²) in [6.07, 6.45) is 5.45. The van der Waals surface area contributed by atoms with Crippen LogP contribution < -0.4 is 10.6 Å². The van der Waals surface area contributed by atoms with E-state index < -0.39 is 5.91 Å². The number of nitrogens with two attached hydrogens (primary N) is 1. The molecule has 0 unspecified atom stereocenters. The highest BCUT2D eigenvalue weighted by Crippen LogP contribution is 2.31. The molecule has 2 heterocycles. The first kappa shape index (κ1) is 13.6. The zero-order chi connectivity index (χ0) is 14.7. The van der Waals surface area contributed by atoms with Gasteiger partial charge in [0, 0.05) is 25.5 Å². The molecule has 0 aliphatic carbocycles. The van der Waals surface area contributed by atoms with E-state index in [2.05, 4.69) is 40.2 Å². The summed E-state index contributed by atoms with van der Waals surface area (Å²) in [5.74, 6) is 0.185. The van der Waals surface area contributed by atoms with E-state index in [9.17, 15) is 4.79 Å². The number of carbonyl (C=O) groups excluding carboxylic acids is 1. The van der Waals surface area contributed by atoms with Gasteiger partial charge in [-0.15, -0.1) is 0 Å². The van der Waals surface area contributed by atoms with Crippen LogP contribution in [0.5, 0.6) is 0 Å². The number of piperidine rings is 1. The molecule has 1 saturated heterocycles. The van der Waals surface area contributed by atoms with Gasteiger partial charge in [-0.05, 0) is 30.4 Å². The molecule has 108 valence electrons. The molecule has 4 nitrogen and oxygen atoms in total. The van der Waals surface area contributed by atoms with Gasteiger partial charge in [0.05, 0.1) is 11.3 Å². The monoisotopic (exact) mass is 281 g/mol. The van der Waals surface area contributed by atoms with Crippen LogP contribution in [0, 0.1) is 0 Å². The fourth-order valence-corrected chi connectivity index (χ4v) is 3.03. The molecule has 2 N–H and O–H groups in total. The summed E-state index contributed by atoms with van der Waals surface area (Å²) >= 11 is 0. The maximum atomic E-state index is 11.5. The average molecular weight is 281 g/mol. The fourth-order valence-electron chi connectivity index (χ4n) is 3.03. The highest BCUT2D eigenvalue weighted by Gasteiger charge is 2.23. The van der Waals surface area contributed by atoms with Crippen molar-refractivity contribution < 1.29 is 4.79 Å². The number of carbonyl (C=O) groups is 1. The van der Waals surface area contributed by atoms with Crippen molar-refractivity contribution in [2.45, 2.75) is 18.8 Å². The van der Waals surface area contributed by atoms with Gasteiger partial charge in [0.25, 0.3) is 5.91 Å². The number of rotatable bonds is 3. The summed E-state index contributed by atoms with van der Waals surface area (Å²) < 4.78 is 0. The summed E-state index contributed by atoms with van der Waals surface area (Å²) in [6.45, 7) is 1.87. The second kappa shape index (κ2) is 5.95. The zero-order valence-electron chi connectivity index (χ0n) is 11.9. The lowest BCUT2D eigenvalue weighted by molar-refractivity contribution is 0.100. The first-order chi connectivity index (χ1) is 10.3. The van der Waals surface area contributed by atoms with Gasteiger partial charge in [0.1, 0.15) is 0 Å². The topological polar surface area (TPSA) is 59.2 Å². The fraction of sp³-hybridized carbons (Fsp3) is 0.294. The van der Waals surface area contributed by atoms with Crippen LogP contribution in [-0.4, -0.2) is 24.0 Å². The van der Waals surface area contributed by atoms with E-state index in [0.29, 0.717) is 11.5 Å². The van der Waals surface area contributed by atoms with Crippen molar-refractivity contribution >= 4 is 11.6 Å². The van der Waals surface area contributed by atoms with Crippen LogP contribution in [-0.2, 0) is 0 Å². The summed E-state index contributed by atoms with van der Waals surface area (Å²) in [7, 11) is 0. The Bertz CT molecular complexity index is 619. The first-order valence-corrected chi connectivity index (χ1v) is 7.29. The minimum absolute atomic E-state index is 0.414. The standard InChI is InChI=1S/C17H19N3O/c18-17(21)15-12-19-9-6-16(15)20-10-7-14(8-11-20)13-4-2-1-3-5-13/h1-6,9,12,14H,7-8,10-11H2,(H2,18,21). The summed E-state index contributed by atoms with van der Waals surface area (Å²) in [4.78, 5) is 17.7. The van der Waals surface area contributed by atoms with Crippen molar-refractivity contribution in [3.05, 3.63) is 59.9 Å². The molecular weight excluding hydrogens is 262 g/mol. The number of nitrogens with zero attached hydrogens (tertiary/aromatic N) is 2. The normalized spacial score (nSPS) is 15.9. The maximum Gasteiger partial charge on any atom is 0.252 e. The Labute approximate surface area is 124 Å². The smallest absolute Gasteiger partial charge is 0.252 e. The highest BCUT2D eigenvalue weighted by molar-refractivity contribution is 5.98. The minimum Gasteiger partial charge on any atom is -0.371 e. The Morgan fingerprint density at radius 3 is 2.52 bits per heavy atom. The number of aromatic nitrogens is 1. The van der Waals surface area contributed by atoms with Gasteiger partial charge in [-0.1, -0.05) is 30.3 Å². The molecule has 4 heteroatoms. The van der Waals surface area contributed by atoms with E-state index in [1.807, 2.05) is 6.07 Å². The third-order valence-electron chi connectivity index (χ3n) is 4.17. The van der Waals surface area contributed by atoms with Crippen molar-refractivity contribution in [2.24, 2.45) is 5.73 Å². The molecule has 3 rings (SSSR count). The lowest BCUT2D eigenvalue weighted by Crippen LogP contribution is -2.34. The Kier molecular flexibility index (Phi) is 3.86. The largest absolute Gasteiger partial charge is 0.371 e. The molecule has 0 spiro atoms. The van der Waals surface area contributed by atoms with Gasteiger partial charge < -0.3 is 10.6 Å². The molecule has 1 aromatic heterocycles. The molecule has 1 aliphatic heterocycles. The number of pyridine rings is 1. The highest BCUT2D eigenvalue weighted by atomic mass is 16.1. The summed E-state index contributed by atoms with van der Waals surface area (Å²) in [5, 5.41) is 0. The van der Waals surface area contributed by atoms with Crippen LogP contribution in [0.1, 0.15) is 34.7 Å². The average Bonchev–Trinajstić information content (AvgIpc) is 2.56. The second-order valence-electron chi connectivity index (χ2n) is 5.43. The molecule has 0 atom stereocenters. The molecule has 21 heavy (non-hydrogen) atoms. The summed E-state index contributed by atoms with van der Waals surface area (Å²) in [5.41, 5.74) is 8.25. The van der Waals surface area contributed by atoms with Gasteiger partial charge in [0.2, 0.25) is 0 Å². The zero-order valence-corrected chi connectivity index (χ0v) is 11.9. The SMILES string of the molecule is NC(=O)c1cnccc1N1CCC(c2ccccc2)CC1. The molecule has 1 aliphatic rings. The third kappa shape index (κ3) is 2.89. The van der Waals surface area contributed by atoms with E-state index in [1.54, 1.807) is 12.4 Å². The molecule has 2 aromatic rings. The number of hydrogen-bond acceptors (Lipinski definition) is 3. The van der Waals surface area contributed by atoms with Crippen molar-refractivity contribution in [3.63, 3.8) is 0 Å². The molecule has 1 fully saturated rings. The first-order valence-electron chi connectivity index (χ1n) is 7.29. The van der Waals surface area contributed by atoms with Crippen LogP contribution in [0.3, 0.4) is 0 Å². The third-order valence-corrected chi connectivity index (χ3v) is 4.17. The Morgan fingerprint density at radius 1 is 1.14 bits per heavy atom. The van der Waals surface area contributed by atoms with E-state index >= 15 is 0 Å². The predicted molar refractivity (Wildman–Crippen MR) is 83.4 cm³/mol. The van der Waals surface area contributed by atoms with Crippen LogP contribution in [0.2, 0.25) is 0 Å². The Hall–Kier alpha value is -2.36. The second-order valence-corrected chi connectivity index (χ2v) is 5.43. The van der Waals surface area contributed by atoms with Crippen LogP contribution in [0.15, 0.2) is 48.8 Å². The van der Waals surface area contributed by atoms with Crippen LogP contribution in [0.4, 0.5) is 5.69 Å². The number of anilines is 1. The Morgan fingerprint density at radius 2 is 1.86 bits per heavy atom. The Balaban J connectivity index is 1.73. The van der Waals surface area contributed by atoms with Crippen molar-refractivity contribution in [2.75, 3.05) is 18.0 Å². The van der Waals surface area contributed by atoms with Gasteiger partial charge in [-0.2, -0.15) is 0 Å². The molecule has 1 amide bonds. The van der Waals surface area contributed by atoms with E-state index in [-0.39, 0.29) is 0 Å². The van der Waals surface area contributed by atoms with Crippen LogP contribution >= 0.6 is 0 Å². The van der Waals surface area contributed by atoms with Crippen LogP contribution in [0.25, 0.3) is 0 Å². The molecule has 0 radical (unpaired) electrons. The van der Waals surface area contributed by atoms with Gasteiger partial charge in [0.15, 0.2) is 0 Å². The maximum absolute atomic E-state index is 11.5. The molecule has 1 aromatic carbocycles. The quantitative estimate of drug-likeness (QED) is 0.940. The number of hydrogen-bond donors (Lipinski definition) is 1. The number of benzene rings is 1. The minimum atomic E-state index is -0.414. The molecule has 0 saturated carbocycles. The van der Waals surface area contributed by atoms with Gasteiger partial charge in [-0.25, -0.2) is 0 Å². The molecule has 0 bridgehead atoms. The molecular formula is C17H19N3O. The van der Waals surface area contributed by atoms with Gasteiger partial charge >= 0.3 is 0 Å².